The largest absolute Gasteiger partial charge is 0.378 e. The Morgan fingerprint density at radius 2 is 1.85 bits per heavy atom. The summed E-state index contributed by atoms with van der Waals surface area (Å²) in [5, 5.41) is 5.07. The summed E-state index contributed by atoms with van der Waals surface area (Å²) in [7, 11) is 1.80. The fourth-order valence-electron chi connectivity index (χ4n) is 3.03. The molecule has 2 aromatic carbocycles. The number of hydrogen-bond donors (Lipinski definition) is 1. The number of nitrogens with zero attached hydrogens (tertiary/aromatic N) is 2. The van der Waals surface area contributed by atoms with Crippen LogP contribution in [0, 0.1) is 0 Å². The fraction of sp³-hybridized carbons (Fsp3) is 0.400. The summed E-state index contributed by atoms with van der Waals surface area (Å²) in [5.41, 5.74) is 0.785. The molecule has 1 saturated heterocycles. The summed E-state index contributed by atoms with van der Waals surface area (Å²) in [5.74, 6) is -0.0979. The third kappa shape index (κ3) is 4.20. The van der Waals surface area contributed by atoms with Crippen LogP contribution in [0.2, 0.25) is 0 Å². The predicted octanol–water partition coefficient (Wildman–Crippen LogP) is 1.96. The number of nitrogens with one attached hydrogen (secondary N) is 1. The second-order valence-corrected chi connectivity index (χ2v) is 6.60. The van der Waals surface area contributed by atoms with Gasteiger partial charge in [0.1, 0.15) is 0 Å². The molecule has 3 rings (SSSR count). The molecular weight excluding hydrogens is 330 g/mol. The van der Waals surface area contributed by atoms with Gasteiger partial charge in [-0.2, -0.15) is 0 Å². The number of fused-ring (bicyclic) bond motifs is 1. The van der Waals surface area contributed by atoms with Crippen molar-refractivity contribution in [3.05, 3.63) is 42.5 Å². The number of carbonyl (C=O) groups is 2. The molecule has 1 aliphatic heterocycles. The van der Waals surface area contributed by atoms with Gasteiger partial charge in [-0.15, -0.1) is 0 Å². The maximum Gasteiger partial charge on any atom is 0.241 e. The maximum absolute atomic E-state index is 12.7. The Kier molecular flexibility index (Phi) is 5.85. The minimum absolute atomic E-state index is 0.0283. The molecule has 0 spiro atoms. The first-order valence-corrected chi connectivity index (χ1v) is 8.90. The lowest BCUT2D eigenvalue weighted by molar-refractivity contribution is -0.137. The third-order valence-electron chi connectivity index (χ3n) is 4.84. The van der Waals surface area contributed by atoms with Crippen LogP contribution in [0.15, 0.2) is 42.5 Å². The van der Waals surface area contributed by atoms with Gasteiger partial charge in [0.05, 0.1) is 25.8 Å². The van der Waals surface area contributed by atoms with Gasteiger partial charge in [0, 0.05) is 24.2 Å². The van der Waals surface area contributed by atoms with Crippen LogP contribution in [0.1, 0.15) is 6.92 Å². The monoisotopic (exact) mass is 355 g/mol. The number of amides is 2. The molecule has 1 aliphatic rings. The molecule has 6 heteroatoms. The van der Waals surface area contributed by atoms with Crippen LogP contribution >= 0.6 is 0 Å². The second kappa shape index (κ2) is 8.29. The van der Waals surface area contributed by atoms with E-state index < -0.39 is 6.04 Å². The number of ether oxygens (including phenoxy) is 1. The van der Waals surface area contributed by atoms with Crippen molar-refractivity contribution < 1.29 is 14.3 Å². The molecule has 1 N–H and O–H groups in total. The molecule has 6 nitrogen and oxygen atoms in total. The van der Waals surface area contributed by atoms with Gasteiger partial charge in [-0.25, -0.2) is 0 Å². The summed E-state index contributed by atoms with van der Waals surface area (Å²) in [4.78, 5) is 28.6. The van der Waals surface area contributed by atoms with Crippen molar-refractivity contribution in [1.29, 1.82) is 0 Å². The van der Waals surface area contributed by atoms with Crippen LogP contribution in [-0.2, 0) is 14.3 Å². The van der Waals surface area contributed by atoms with Gasteiger partial charge in [-0.05, 0) is 25.4 Å². The summed E-state index contributed by atoms with van der Waals surface area (Å²) in [6.07, 6.45) is 0. The minimum atomic E-state index is -0.418. The highest BCUT2D eigenvalue weighted by molar-refractivity contribution is 6.03. The Hall–Kier alpha value is -2.44. The lowest BCUT2D eigenvalue weighted by atomic mass is 10.1. The number of anilines is 1. The summed E-state index contributed by atoms with van der Waals surface area (Å²) >= 11 is 0. The molecule has 138 valence electrons. The van der Waals surface area contributed by atoms with Crippen molar-refractivity contribution >= 4 is 28.3 Å². The Labute approximate surface area is 153 Å². The topological polar surface area (TPSA) is 61.9 Å². The van der Waals surface area contributed by atoms with E-state index >= 15 is 0 Å². The SMILES string of the molecule is CC(C(=O)Nc1cccc2ccccc12)N(C)CC(=O)N1CCOCC1. The zero-order valence-corrected chi connectivity index (χ0v) is 15.3. The van der Waals surface area contributed by atoms with Crippen molar-refractivity contribution in [1.82, 2.24) is 9.80 Å². The van der Waals surface area contributed by atoms with E-state index in [-0.39, 0.29) is 18.4 Å². The first-order valence-electron chi connectivity index (χ1n) is 8.90. The Morgan fingerprint density at radius 3 is 2.62 bits per heavy atom. The molecule has 26 heavy (non-hydrogen) atoms. The maximum atomic E-state index is 12.7. The van der Waals surface area contributed by atoms with Gasteiger partial charge < -0.3 is 15.0 Å². The van der Waals surface area contributed by atoms with Gasteiger partial charge in [0.2, 0.25) is 11.8 Å². The van der Waals surface area contributed by atoms with Crippen molar-refractivity contribution in [2.24, 2.45) is 0 Å². The Balaban J connectivity index is 1.62. The first kappa shape index (κ1) is 18.4. The smallest absolute Gasteiger partial charge is 0.241 e. The van der Waals surface area contributed by atoms with E-state index in [1.165, 1.54) is 0 Å². The molecule has 1 atom stereocenters. The molecule has 2 aromatic rings. The zero-order chi connectivity index (χ0) is 18.5. The first-order chi connectivity index (χ1) is 12.6. The minimum Gasteiger partial charge on any atom is -0.378 e. The Bertz CT molecular complexity index is 781. The van der Waals surface area contributed by atoms with Gasteiger partial charge >= 0.3 is 0 Å². The number of likely N-dealkylation sites (N-methyl/N-ethyl adjacent to an activating group) is 1. The van der Waals surface area contributed by atoms with Crippen LogP contribution in [0.3, 0.4) is 0 Å². The van der Waals surface area contributed by atoms with Crippen molar-refractivity contribution in [3.8, 4) is 0 Å². The van der Waals surface area contributed by atoms with E-state index in [4.69, 9.17) is 4.74 Å². The number of hydrogen-bond acceptors (Lipinski definition) is 4. The molecule has 0 saturated carbocycles. The molecule has 1 heterocycles. The standard InChI is InChI=1S/C20H25N3O3/c1-15(22(2)14-19(24)23-10-12-26-13-11-23)20(25)21-18-9-5-7-16-6-3-4-8-17(16)18/h3-9,15H,10-14H2,1-2H3,(H,21,25). The summed E-state index contributed by atoms with van der Waals surface area (Å²) in [6.45, 7) is 4.41. The molecule has 2 amide bonds. The molecule has 0 radical (unpaired) electrons. The highest BCUT2D eigenvalue weighted by Crippen LogP contribution is 2.23. The van der Waals surface area contributed by atoms with Gasteiger partial charge in [-0.3, -0.25) is 14.5 Å². The predicted molar refractivity (Wildman–Crippen MR) is 102 cm³/mol. The molecule has 1 unspecified atom stereocenters. The van der Waals surface area contributed by atoms with Crippen LogP contribution in [0.25, 0.3) is 10.8 Å². The molecular formula is C20H25N3O3. The highest BCUT2D eigenvalue weighted by atomic mass is 16.5. The number of benzene rings is 2. The summed E-state index contributed by atoms with van der Waals surface area (Å²) in [6, 6.07) is 13.3. The van der Waals surface area contributed by atoms with E-state index in [0.29, 0.717) is 26.3 Å². The van der Waals surface area contributed by atoms with Crippen molar-refractivity contribution in [2.75, 3.05) is 45.2 Å². The van der Waals surface area contributed by atoms with Crippen molar-refractivity contribution in [2.45, 2.75) is 13.0 Å². The van der Waals surface area contributed by atoms with Gasteiger partial charge in [0.25, 0.3) is 0 Å². The van der Waals surface area contributed by atoms with Gasteiger partial charge in [0.15, 0.2) is 0 Å². The quantitative estimate of drug-likeness (QED) is 0.891. The third-order valence-corrected chi connectivity index (χ3v) is 4.84. The van der Waals surface area contributed by atoms with Gasteiger partial charge in [-0.1, -0.05) is 36.4 Å². The molecule has 0 aromatic heterocycles. The van der Waals surface area contributed by atoms with E-state index in [9.17, 15) is 9.59 Å². The molecule has 1 fully saturated rings. The average molecular weight is 355 g/mol. The van der Waals surface area contributed by atoms with E-state index in [2.05, 4.69) is 5.32 Å². The van der Waals surface area contributed by atoms with Crippen LogP contribution in [0.4, 0.5) is 5.69 Å². The number of morpholine rings is 1. The number of rotatable bonds is 5. The van der Waals surface area contributed by atoms with E-state index in [1.54, 1.807) is 16.8 Å². The fourth-order valence-corrected chi connectivity index (χ4v) is 3.03. The lowest BCUT2D eigenvalue weighted by Crippen LogP contribution is -2.48. The van der Waals surface area contributed by atoms with Crippen LogP contribution in [-0.4, -0.2) is 67.6 Å². The van der Waals surface area contributed by atoms with E-state index in [1.807, 2.05) is 49.4 Å². The van der Waals surface area contributed by atoms with Crippen LogP contribution < -0.4 is 5.32 Å². The average Bonchev–Trinajstić information content (AvgIpc) is 2.68. The normalized spacial score (nSPS) is 15.9. The highest BCUT2D eigenvalue weighted by Gasteiger charge is 2.24. The second-order valence-electron chi connectivity index (χ2n) is 6.60. The van der Waals surface area contributed by atoms with Crippen molar-refractivity contribution in [3.63, 3.8) is 0 Å². The molecule has 0 aliphatic carbocycles. The molecule has 0 bridgehead atoms. The zero-order valence-electron chi connectivity index (χ0n) is 15.3. The summed E-state index contributed by atoms with van der Waals surface area (Å²) < 4.78 is 5.27. The van der Waals surface area contributed by atoms with Crippen LogP contribution in [0.5, 0.6) is 0 Å². The van der Waals surface area contributed by atoms with E-state index in [0.717, 1.165) is 16.5 Å². The lowest BCUT2D eigenvalue weighted by Gasteiger charge is -2.30. The Morgan fingerprint density at radius 1 is 1.15 bits per heavy atom. The number of carbonyl (C=O) groups excluding carboxylic acids is 2.